The van der Waals surface area contributed by atoms with Crippen molar-refractivity contribution in [2.75, 3.05) is 13.2 Å². The van der Waals surface area contributed by atoms with E-state index in [0.29, 0.717) is 19.6 Å². The zero-order valence-corrected chi connectivity index (χ0v) is 9.31. The van der Waals surface area contributed by atoms with Crippen molar-refractivity contribution >= 4 is 5.91 Å². The van der Waals surface area contributed by atoms with E-state index in [2.05, 4.69) is 5.32 Å². The van der Waals surface area contributed by atoms with Gasteiger partial charge < -0.3 is 20.5 Å². The van der Waals surface area contributed by atoms with E-state index < -0.39 is 0 Å². The van der Waals surface area contributed by atoms with Gasteiger partial charge in [-0.15, -0.1) is 0 Å². The second-order valence-electron chi connectivity index (χ2n) is 4.32. The Hall–Kier alpha value is -1.75. The monoisotopic (exact) mass is 234 g/mol. The minimum atomic E-state index is -0.176. The van der Waals surface area contributed by atoms with Gasteiger partial charge in [0.05, 0.1) is 6.04 Å². The lowest BCUT2D eigenvalue weighted by Gasteiger charge is -2.21. The molecule has 0 radical (unpaired) electrons. The maximum Gasteiger partial charge on any atom is 0.222 e. The van der Waals surface area contributed by atoms with Gasteiger partial charge in [-0.2, -0.15) is 0 Å². The average Bonchev–Trinajstić information content (AvgIpc) is 2.68. The van der Waals surface area contributed by atoms with Gasteiger partial charge in [-0.3, -0.25) is 4.79 Å². The van der Waals surface area contributed by atoms with Gasteiger partial charge in [-0.25, -0.2) is 0 Å². The standard InChI is InChI=1S/C12H14N2O3/c13-8-6-11(15)14-12(8)7-1-2-9-10(5-7)17-4-3-16-9/h1-2,5,8,12H,3-4,6,13H2,(H,14,15)/t8-,12?/m0/s1. The first kappa shape index (κ1) is 10.4. The molecule has 1 aromatic rings. The number of carbonyl (C=O) groups is 1. The van der Waals surface area contributed by atoms with Crippen LogP contribution in [0, 0.1) is 0 Å². The summed E-state index contributed by atoms with van der Waals surface area (Å²) >= 11 is 0. The zero-order valence-electron chi connectivity index (χ0n) is 9.31. The van der Waals surface area contributed by atoms with Crippen molar-refractivity contribution in [2.45, 2.75) is 18.5 Å². The lowest BCUT2D eigenvalue weighted by Crippen LogP contribution is -2.28. The molecule has 1 amide bonds. The fourth-order valence-corrected chi connectivity index (χ4v) is 2.26. The summed E-state index contributed by atoms with van der Waals surface area (Å²) in [6, 6.07) is 5.37. The predicted octanol–water partition coefficient (Wildman–Crippen LogP) is 0.346. The molecule has 3 N–H and O–H groups in total. The molecule has 1 fully saturated rings. The van der Waals surface area contributed by atoms with Crippen LogP contribution in [0.3, 0.4) is 0 Å². The molecule has 1 unspecified atom stereocenters. The van der Waals surface area contributed by atoms with E-state index in [1.807, 2.05) is 18.2 Å². The first-order valence-corrected chi connectivity index (χ1v) is 5.68. The minimum Gasteiger partial charge on any atom is -0.486 e. The van der Waals surface area contributed by atoms with E-state index in [1.54, 1.807) is 0 Å². The normalized spacial score (nSPS) is 26.8. The Kier molecular flexibility index (Phi) is 2.40. The predicted molar refractivity (Wildman–Crippen MR) is 60.9 cm³/mol. The number of nitrogens with one attached hydrogen (secondary N) is 1. The van der Waals surface area contributed by atoms with Crippen LogP contribution in [0.1, 0.15) is 18.0 Å². The van der Waals surface area contributed by atoms with Crippen molar-refractivity contribution < 1.29 is 14.3 Å². The van der Waals surface area contributed by atoms with Crippen LogP contribution in [0.4, 0.5) is 0 Å². The summed E-state index contributed by atoms with van der Waals surface area (Å²) in [6.45, 7) is 1.13. The Morgan fingerprint density at radius 2 is 2.00 bits per heavy atom. The molecule has 0 aliphatic carbocycles. The van der Waals surface area contributed by atoms with Gasteiger partial charge in [-0.1, -0.05) is 6.07 Å². The molecule has 17 heavy (non-hydrogen) atoms. The topological polar surface area (TPSA) is 73.6 Å². The van der Waals surface area contributed by atoms with Crippen LogP contribution >= 0.6 is 0 Å². The quantitative estimate of drug-likeness (QED) is 0.735. The van der Waals surface area contributed by atoms with Crippen LogP contribution in [-0.2, 0) is 4.79 Å². The Morgan fingerprint density at radius 3 is 2.71 bits per heavy atom. The van der Waals surface area contributed by atoms with Crippen LogP contribution in [0.2, 0.25) is 0 Å². The van der Waals surface area contributed by atoms with E-state index in [-0.39, 0.29) is 18.0 Å². The highest BCUT2D eigenvalue weighted by atomic mass is 16.6. The molecule has 0 saturated carbocycles. The Labute approximate surface area is 98.9 Å². The van der Waals surface area contributed by atoms with Crippen molar-refractivity contribution in [3.8, 4) is 11.5 Å². The van der Waals surface area contributed by atoms with Gasteiger partial charge in [0, 0.05) is 12.5 Å². The average molecular weight is 234 g/mol. The molecule has 2 aliphatic heterocycles. The lowest BCUT2D eigenvalue weighted by molar-refractivity contribution is -0.119. The molecule has 0 aromatic heterocycles. The van der Waals surface area contributed by atoms with Gasteiger partial charge in [0.25, 0.3) is 0 Å². The summed E-state index contributed by atoms with van der Waals surface area (Å²) in [5, 5.41) is 2.87. The highest BCUT2D eigenvalue weighted by molar-refractivity contribution is 5.80. The van der Waals surface area contributed by atoms with Gasteiger partial charge in [0.2, 0.25) is 5.91 Å². The molecule has 5 heteroatoms. The van der Waals surface area contributed by atoms with Crippen molar-refractivity contribution in [3.05, 3.63) is 23.8 Å². The van der Waals surface area contributed by atoms with Crippen molar-refractivity contribution in [1.82, 2.24) is 5.32 Å². The number of nitrogens with two attached hydrogens (primary N) is 1. The molecule has 1 saturated heterocycles. The van der Waals surface area contributed by atoms with Crippen LogP contribution in [0.5, 0.6) is 11.5 Å². The minimum absolute atomic E-state index is 0.00242. The number of ether oxygens (including phenoxy) is 2. The zero-order chi connectivity index (χ0) is 11.8. The number of hydrogen-bond acceptors (Lipinski definition) is 4. The molecular weight excluding hydrogens is 220 g/mol. The fourth-order valence-electron chi connectivity index (χ4n) is 2.26. The lowest BCUT2D eigenvalue weighted by atomic mass is 10.0. The van der Waals surface area contributed by atoms with Crippen LogP contribution < -0.4 is 20.5 Å². The largest absolute Gasteiger partial charge is 0.486 e. The fraction of sp³-hybridized carbons (Fsp3) is 0.417. The van der Waals surface area contributed by atoms with Gasteiger partial charge >= 0.3 is 0 Å². The molecular formula is C12H14N2O3. The van der Waals surface area contributed by atoms with Crippen molar-refractivity contribution in [1.29, 1.82) is 0 Å². The molecule has 5 nitrogen and oxygen atoms in total. The molecule has 3 rings (SSSR count). The van der Waals surface area contributed by atoms with Crippen LogP contribution in [-0.4, -0.2) is 25.2 Å². The molecule has 2 heterocycles. The van der Waals surface area contributed by atoms with E-state index >= 15 is 0 Å². The van der Waals surface area contributed by atoms with Crippen molar-refractivity contribution in [3.63, 3.8) is 0 Å². The summed E-state index contributed by atoms with van der Waals surface area (Å²) in [7, 11) is 0. The third-order valence-corrected chi connectivity index (χ3v) is 3.09. The molecule has 90 valence electrons. The molecule has 0 spiro atoms. The molecule has 0 bridgehead atoms. The van der Waals surface area contributed by atoms with Crippen LogP contribution in [0.25, 0.3) is 0 Å². The maximum atomic E-state index is 11.3. The summed E-state index contributed by atoms with van der Waals surface area (Å²) < 4.78 is 11.0. The van der Waals surface area contributed by atoms with Gasteiger partial charge in [0.1, 0.15) is 13.2 Å². The third kappa shape index (κ3) is 1.82. The second-order valence-corrected chi connectivity index (χ2v) is 4.32. The van der Waals surface area contributed by atoms with Gasteiger partial charge in [-0.05, 0) is 17.7 Å². The number of amides is 1. The van der Waals surface area contributed by atoms with Gasteiger partial charge in [0.15, 0.2) is 11.5 Å². The number of fused-ring (bicyclic) bond motifs is 1. The third-order valence-electron chi connectivity index (χ3n) is 3.09. The first-order valence-electron chi connectivity index (χ1n) is 5.68. The Bertz CT molecular complexity index is 461. The SMILES string of the molecule is N[C@H]1CC(=O)NC1c1ccc2c(c1)OCCO2. The summed E-state index contributed by atoms with van der Waals surface area (Å²) in [4.78, 5) is 11.3. The highest BCUT2D eigenvalue weighted by Gasteiger charge is 2.31. The smallest absolute Gasteiger partial charge is 0.222 e. The number of rotatable bonds is 1. The highest BCUT2D eigenvalue weighted by Crippen LogP contribution is 2.34. The molecule has 1 aromatic carbocycles. The Balaban J connectivity index is 1.91. The summed E-state index contributed by atoms with van der Waals surface area (Å²) in [5.74, 6) is 1.47. The van der Waals surface area contributed by atoms with E-state index in [9.17, 15) is 4.79 Å². The van der Waals surface area contributed by atoms with Crippen LogP contribution in [0.15, 0.2) is 18.2 Å². The Morgan fingerprint density at radius 1 is 1.24 bits per heavy atom. The molecule has 2 atom stereocenters. The first-order chi connectivity index (χ1) is 8.24. The number of carbonyl (C=O) groups excluding carboxylic acids is 1. The van der Waals surface area contributed by atoms with E-state index in [0.717, 1.165) is 17.1 Å². The molecule has 2 aliphatic rings. The second kappa shape index (κ2) is 3.92. The van der Waals surface area contributed by atoms with Crippen molar-refractivity contribution in [2.24, 2.45) is 5.73 Å². The summed E-state index contributed by atoms with van der Waals surface area (Å²) in [6.07, 6.45) is 0.374. The number of benzene rings is 1. The maximum absolute atomic E-state index is 11.3. The summed E-state index contributed by atoms with van der Waals surface area (Å²) in [5.41, 5.74) is 6.89. The van der Waals surface area contributed by atoms with E-state index in [1.165, 1.54) is 0 Å². The van der Waals surface area contributed by atoms with E-state index in [4.69, 9.17) is 15.2 Å². The number of hydrogen-bond donors (Lipinski definition) is 2.